The molecule has 2 aromatic carbocycles. The third-order valence-electron chi connectivity index (χ3n) is 5.30. The number of hydrogen-bond acceptors (Lipinski definition) is 6. The van der Waals surface area contributed by atoms with E-state index < -0.39 is 10.0 Å². The molecule has 1 saturated heterocycles. The molecule has 0 aliphatic carbocycles. The van der Waals surface area contributed by atoms with Crippen LogP contribution in [0.5, 0.6) is 0 Å². The van der Waals surface area contributed by atoms with Crippen molar-refractivity contribution in [2.24, 2.45) is 0 Å². The van der Waals surface area contributed by atoms with Crippen LogP contribution in [0.3, 0.4) is 0 Å². The zero-order chi connectivity index (χ0) is 21.4. The van der Waals surface area contributed by atoms with E-state index >= 15 is 0 Å². The molecule has 1 aliphatic rings. The molecule has 5 rings (SSSR count). The minimum Gasteiger partial charge on any atom is -0.353 e. The van der Waals surface area contributed by atoms with E-state index in [1.165, 1.54) is 0 Å². The molecule has 1 aliphatic heterocycles. The van der Waals surface area contributed by atoms with E-state index in [1.807, 2.05) is 41.8 Å². The van der Waals surface area contributed by atoms with Crippen LogP contribution in [-0.2, 0) is 10.0 Å². The molecule has 9 heteroatoms. The van der Waals surface area contributed by atoms with Crippen LogP contribution >= 0.6 is 22.9 Å². The molecule has 0 unspecified atom stereocenters. The Balaban J connectivity index is 1.47. The monoisotopic (exact) mass is 470 g/mol. The third-order valence-corrected chi connectivity index (χ3v) is 8.31. The van der Waals surface area contributed by atoms with E-state index in [0.717, 1.165) is 21.6 Å². The largest absolute Gasteiger partial charge is 0.353 e. The molecule has 0 radical (unpaired) electrons. The molecule has 0 atom stereocenters. The van der Waals surface area contributed by atoms with Gasteiger partial charge in [0.15, 0.2) is 5.82 Å². The normalized spacial score (nSPS) is 15.5. The summed E-state index contributed by atoms with van der Waals surface area (Å²) in [6.07, 6.45) is 0. The zero-order valence-electron chi connectivity index (χ0n) is 16.5. The predicted octanol–water partition coefficient (Wildman–Crippen LogP) is 4.52. The van der Waals surface area contributed by atoms with Gasteiger partial charge in [0.2, 0.25) is 10.0 Å². The van der Waals surface area contributed by atoms with E-state index in [-0.39, 0.29) is 0 Å². The smallest absolute Gasteiger partial charge is 0.243 e. The van der Waals surface area contributed by atoms with Gasteiger partial charge in [-0.15, -0.1) is 11.3 Å². The van der Waals surface area contributed by atoms with Crippen LogP contribution in [0.2, 0.25) is 5.02 Å². The molecule has 31 heavy (non-hydrogen) atoms. The van der Waals surface area contributed by atoms with Crippen LogP contribution in [0.25, 0.3) is 21.6 Å². The summed E-state index contributed by atoms with van der Waals surface area (Å²) in [5.41, 5.74) is 0.778. The maximum atomic E-state index is 13.0. The summed E-state index contributed by atoms with van der Waals surface area (Å²) in [6, 6.07) is 18.1. The Morgan fingerprint density at radius 1 is 0.903 bits per heavy atom. The van der Waals surface area contributed by atoms with Crippen LogP contribution in [0, 0.1) is 0 Å². The highest BCUT2D eigenvalue weighted by atomic mass is 35.5. The topological polar surface area (TPSA) is 66.4 Å². The van der Waals surface area contributed by atoms with Crippen molar-refractivity contribution in [2.75, 3.05) is 31.1 Å². The number of halogens is 1. The Morgan fingerprint density at radius 2 is 1.68 bits per heavy atom. The van der Waals surface area contributed by atoms with Gasteiger partial charge in [-0.2, -0.15) is 4.31 Å². The van der Waals surface area contributed by atoms with Gasteiger partial charge in [0.05, 0.1) is 15.3 Å². The number of fused-ring (bicyclic) bond motifs is 1. The van der Waals surface area contributed by atoms with Gasteiger partial charge in [-0.05, 0) is 41.8 Å². The van der Waals surface area contributed by atoms with Crippen molar-refractivity contribution in [3.8, 4) is 10.7 Å². The quantitative estimate of drug-likeness (QED) is 0.438. The van der Waals surface area contributed by atoms with Crippen molar-refractivity contribution in [3.05, 3.63) is 71.1 Å². The van der Waals surface area contributed by atoms with Crippen LogP contribution in [-0.4, -0.2) is 48.9 Å². The minimum absolute atomic E-state index is 0.325. The van der Waals surface area contributed by atoms with Gasteiger partial charge in [-0.3, -0.25) is 0 Å². The van der Waals surface area contributed by atoms with Gasteiger partial charge in [-0.25, -0.2) is 18.4 Å². The lowest BCUT2D eigenvalue weighted by molar-refractivity contribution is 0.384. The van der Waals surface area contributed by atoms with Crippen molar-refractivity contribution in [3.63, 3.8) is 0 Å². The van der Waals surface area contributed by atoms with E-state index in [2.05, 4.69) is 4.90 Å². The molecule has 1 fully saturated rings. The second kappa shape index (κ2) is 8.20. The van der Waals surface area contributed by atoms with E-state index in [9.17, 15) is 8.42 Å². The molecule has 0 spiro atoms. The number of thiophene rings is 1. The van der Waals surface area contributed by atoms with Crippen LogP contribution < -0.4 is 4.90 Å². The Morgan fingerprint density at radius 3 is 2.39 bits per heavy atom. The molecule has 0 amide bonds. The number of nitrogens with zero attached hydrogens (tertiary/aromatic N) is 4. The maximum absolute atomic E-state index is 13.0. The maximum Gasteiger partial charge on any atom is 0.243 e. The number of hydrogen-bond donors (Lipinski definition) is 0. The Bertz CT molecular complexity index is 1320. The SMILES string of the molecule is O=S(=O)(c1ccccc1)N1CCN(c2nc(-c3cccs3)nc3cc(Cl)ccc23)CC1. The molecular formula is C22H19ClN4O2S2. The lowest BCUT2D eigenvalue weighted by Gasteiger charge is -2.35. The van der Waals surface area contributed by atoms with Gasteiger partial charge in [0.1, 0.15) is 5.82 Å². The van der Waals surface area contributed by atoms with Crippen molar-refractivity contribution in [1.29, 1.82) is 0 Å². The molecule has 158 valence electrons. The number of rotatable bonds is 4. The van der Waals surface area contributed by atoms with Gasteiger partial charge in [-0.1, -0.05) is 35.9 Å². The first kappa shape index (κ1) is 20.4. The first-order chi connectivity index (χ1) is 15.0. The second-order valence-electron chi connectivity index (χ2n) is 7.21. The minimum atomic E-state index is -3.50. The van der Waals surface area contributed by atoms with Crippen molar-refractivity contribution in [1.82, 2.24) is 14.3 Å². The fourth-order valence-electron chi connectivity index (χ4n) is 3.72. The average molecular weight is 471 g/mol. The summed E-state index contributed by atoms with van der Waals surface area (Å²) in [5.74, 6) is 1.46. The van der Waals surface area contributed by atoms with Gasteiger partial charge >= 0.3 is 0 Å². The molecule has 0 bridgehead atoms. The molecular weight excluding hydrogens is 452 g/mol. The first-order valence-electron chi connectivity index (χ1n) is 9.84. The standard InChI is InChI=1S/C22H19ClN4O2S2/c23-16-8-9-18-19(15-16)24-21(20-7-4-14-30-20)25-22(18)26-10-12-27(13-11-26)31(28,29)17-5-2-1-3-6-17/h1-9,14-15H,10-13H2. The van der Waals surface area contributed by atoms with E-state index in [0.29, 0.717) is 41.9 Å². The van der Waals surface area contributed by atoms with Gasteiger partial charge in [0.25, 0.3) is 0 Å². The lowest BCUT2D eigenvalue weighted by atomic mass is 10.2. The third kappa shape index (κ3) is 3.92. The van der Waals surface area contributed by atoms with Crippen LogP contribution in [0.15, 0.2) is 70.9 Å². The number of benzene rings is 2. The highest BCUT2D eigenvalue weighted by molar-refractivity contribution is 7.89. The summed E-state index contributed by atoms with van der Waals surface area (Å²) in [5, 5.41) is 3.52. The molecule has 0 N–H and O–H groups in total. The molecule has 6 nitrogen and oxygen atoms in total. The molecule has 0 saturated carbocycles. The highest BCUT2D eigenvalue weighted by Crippen LogP contribution is 2.32. The van der Waals surface area contributed by atoms with Gasteiger partial charge < -0.3 is 4.90 Å². The van der Waals surface area contributed by atoms with Crippen LogP contribution in [0.1, 0.15) is 0 Å². The summed E-state index contributed by atoms with van der Waals surface area (Å²) >= 11 is 7.80. The highest BCUT2D eigenvalue weighted by Gasteiger charge is 2.29. The fraction of sp³-hybridized carbons (Fsp3) is 0.182. The summed E-state index contributed by atoms with van der Waals surface area (Å²) < 4.78 is 27.5. The predicted molar refractivity (Wildman–Crippen MR) is 125 cm³/mol. The summed E-state index contributed by atoms with van der Waals surface area (Å²) in [7, 11) is -3.50. The van der Waals surface area contributed by atoms with Gasteiger partial charge in [0, 0.05) is 36.6 Å². The number of sulfonamides is 1. The molecule has 4 aromatic rings. The summed E-state index contributed by atoms with van der Waals surface area (Å²) in [4.78, 5) is 13.0. The Labute approximate surface area is 189 Å². The van der Waals surface area contributed by atoms with E-state index in [4.69, 9.17) is 21.6 Å². The number of anilines is 1. The number of piperazine rings is 1. The zero-order valence-corrected chi connectivity index (χ0v) is 18.9. The Kier molecular flexibility index (Phi) is 5.39. The van der Waals surface area contributed by atoms with Crippen molar-refractivity contribution < 1.29 is 8.42 Å². The fourth-order valence-corrected chi connectivity index (χ4v) is 5.99. The lowest BCUT2D eigenvalue weighted by Crippen LogP contribution is -2.49. The average Bonchev–Trinajstić information content (AvgIpc) is 3.34. The first-order valence-corrected chi connectivity index (χ1v) is 12.5. The van der Waals surface area contributed by atoms with E-state index in [1.54, 1.807) is 39.9 Å². The second-order valence-corrected chi connectivity index (χ2v) is 10.5. The molecule has 2 aromatic heterocycles. The Hall–Kier alpha value is -2.52. The number of aromatic nitrogens is 2. The summed E-state index contributed by atoms with van der Waals surface area (Å²) in [6.45, 7) is 1.88. The van der Waals surface area contributed by atoms with Crippen molar-refractivity contribution in [2.45, 2.75) is 4.90 Å². The van der Waals surface area contributed by atoms with Crippen molar-refractivity contribution >= 4 is 49.7 Å². The molecule has 3 heterocycles. The van der Waals surface area contributed by atoms with Crippen LogP contribution in [0.4, 0.5) is 5.82 Å².